The molecule has 1 aliphatic rings. The van der Waals surface area contributed by atoms with Crippen LogP contribution in [0.4, 0.5) is 0 Å². The van der Waals surface area contributed by atoms with Gasteiger partial charge < -0.3 is 11.1 Å². The van der Waals surface area contributed by atoms with E-state index in [1.54, 1.807) is 6.92 Å². The molecule has 4 nitrogen and oxygen atoms in total. The van der Waals surface area contributed by atoms with Crippen LogP contribution >= 0.6 is 0 Å². The second kappa shape index (κ2) is 7.57. The van der Waals surface area contributed by atoms with E-state index in [0.29, 0.717) is 18.5 Å². The molecule has 0 saturated carbocycles. The molecule has 1 unspecified atom stereocenters. The van der Waals surface area contributed by atoms with Gasteiger partial charge in [-0.1, -0.05) is 29.8 Å². The first-order valence-corrected chi connectivity index (χ1v) is 7.85. The second-order valence-electron chi connectivity index (χ2n) is 6.08. The van der Waals surface area contributed by atoms with Gasteiger partial charge in [0.15, 0.2) is 0 Å². The van der Waals surface area contributed by atoms with Crippen LogP contribution in [-0.4, -0.2) is 37.0 Å². The molecule has 1 aromatic rings. The summed E-state index contributed by atoms with van der Waals surface area (Å²) >= 11 is 0. The van der Waals surface area contributed by atoms with Crippen LogP contribution in [0.2, 0.25) is 0 Å². The lowest BCUT2D eigenvalue weighted by molar-refractivity contribution is -0.119. The minimum atomic E-state index is 0.0666. The van der Waals surface area contributed by atoms with Crippen molar-refractivity contribution < 1.29 is 4.79 Å². The molecular formula is C17H27N3O. The second-order valence-corrected chi connectivity index (χ2v) is 6.08. The number of likely N-dealkylation sites (tertiary alicyclic amines) is 1. The third-order valence-corrected chi connectivity index (χ3v) is 4.41. The fourth-order valence-corrected chi connectivity index (χ4v) is 3.04. The summed E-state index contributed by atoms with van der Waals surface area (Å²) in [6.07, 6.45) is 2.26. The summed E-state index contributed by atoms with van der Waals surface area (Å²) < 4.78 is 0. The highest BCUT2D eigenvalue weighted by atomic mass is 16.1. The first-order chi connectivity index (χ1) is 10.1. The molecule has 1 aromatic carbocycles. The molecule has 1 aliphatic heterocycles. The van der Waals surface area contributed by atoms with Crippen molar-refractivity contribution in [3.63, 3.8) is 0 Å². The summed E-state index contributed by atoms with van der Waals surface area (Å²) in [6, 6.07) is 9.00. The molecule has 1 fully saturated rings. The van der Waals surface area contributed by atoms with E-state index in [4.69, 9.17) is 5.73 Å². The van der Waals surface area contributed by atoms with Gasteiger partial charge in [-0.3, -0.25) is 9.69 Å². The highest BCUT2D eigenvalue weighted by Gasteiger charge is 2.25. The van der Waals surface area contributed by atoms with Gasteiger partial charge in [0.25, 0.3) is 0 Å². The third-order valence-electron chi connectivity index (χ3n) is 4.41. The molecule has 4 heteroatoms. The van der Waals surface area contributed by atoms with Gasteiger partial charge >= 0.3 is 0 Å². The first kappa shape index (κ1) is 16.0. The Labute approximate surface area is 127 Å². The number of nitrogens with one attached hydrogen (secondary N) is 1. The number of carbonyl (C=O) groups excluding carboxylic acids is 1. The number of aryl methyl sites for hydroxylation is 1. The van der Waals surface area contributed by atoms with Gasteiger partial charge in [-0.2, -0.15) is 0 Å². The zero-order valence-electron chi connectivity index (χ0n) is 13.1. The molecule has 1 atom stereocenters. The van der Waals surface area contributed by atoms with Crippen molar-refractivity contribution in [2.24, 2.45) is 11.7 Å². The molecule has 1 heterocycles. The molecule has 0 radical (unpaired) electrons. The summed E-state index contributed by atoms with van der Waals surface area (Å²) in [4.78, 5) is 13.5. The molecule has 21 heavy (non-hydrogen) atoms. The Balaban J connectivity index is 1.90. The Bertz CT molecular complexity index is 450. The van der Waals surface area contributed by atoms with Crippen molar-refractivity contribution >= 4 is 5.91 Å². The standard InChI is InChI=1S/C17H27N3O/c1-13-3-5-16(6-4-13)17(11-18)20-9-7-15(8-10-20)12-19-14(2)21/h3-6,15,17H,7-12,18H2,1-2H3,(H,19,21). The smallest absolute Gasteiger partial charge is 0.216 e. The number of piperidine rings is 1. The van der Waals surface area contributed by atoms with Crippen LogP contribution in [0.15, 0.2) is 24.3 Å². The van der Waals surface area contributed by atoms with Crippen molar-refractivity contribution in [1.82, 2.24) is 10.2 Å². The molecule has 0 aliphatic carbocycles. The Morgan fingerprint density at radius 1 is 1.33 bits per heavy atom. The maximum absolute atomic E-state index is 11.0. The van der Waals surface area contributed by atoms with E-state index in [1.807, 2.05) is 0 Å². The summed E-state index contributed by atoms with van der Waals surface area (Å²) in [5, 5.41) is 2.93. The average Bonchev–Trinajstić information content (AvgIpc) is 2.49. The van der Waals surface area contributed by atoms with Gasteiger partial charge in [0.05, 0.1) is 0 Å². The lowest BCUT2D eigenvalue weighted by atomic mass is 9.94. The molecule has 1 saturated heterocycles. The monoisotopic (exact) mass is 289 g/mol. The Kier molecular flexibility index (Phi) is 5.76. The first-order valence-electron chi connectivity index (χ1n) is 7.85. The Hall–Kier alpha value is -1.39. The number of amides is 1. The van der Waals surface area contributed by atoms with E-state index in [1.165, 1.54) is 11.1 Å². The maximum Gasteiger partial charge on any atom is 0.216 e. The minimum Gasteiger partial charge on any atom is -0.356 e. The Morgan fingerprint density at radius 2 is 1.95 bits per heavy atom. The van der Waals surface area contributed by atoms with Crippen LogP contribution in [0.1, 0.15) is 36.9 Å². The SMILES string of the molecule is CC(=O)NCC1CCN(C(CN)c2ccc(C)cc2)CC1. The quantitative estimate of drug-likeness (QED) is 0.869. The number of carbonyl (C=O) groups is 1. The molecule has 0 bridgehead atoms. The van der Waals surface area contributed by atoms with Gasteiger partial charge in [0.2, 0.25) is 5.91 Å². The van der Waals surface area contributed by atoms with Crippen LogP contribution in [0, 0.1) is 12.8 Å². The van der Waals surface area contributed by atoms with Crippen molar-refractivity contribution in [2.45, 2.75) is 32.7 Å². The van der Waals surface area contributed by atoms with Crippen LogP contribution in [-0.2, 0) is 4.79 Å². The van der Waals surface area contributed by atoms with Crippen LogP contribution in [0.3, 0.4) is 0 Å². The summed E-state index contributed by atoms with van der Waals surface area (Å²) in [6.45, 7) is 7.26. The molecular weight excluding hydrogens is 262 g/mol. The number of hydrogen-bond acceptors (Lipinski definition) is 3. The molecule has 2 rings (SSSR count). The van der Waals surface area contributed by atoms with E-state index in [0.717, 1.165) is 32.5 Å². The van der Waals surface area contributed by atoms with E-state index >= 15 is 0 Å². The van der Waals surface area contributed by atoms with Crippen LogP contribution in [0.25, 0.3) is 0 Å². The van der Waals surface area contributed by atoms with E-state index in [9.17, 15) is 4.79 Å². The van der Waals surface area contributed by atoms with Crippen molar-refractivity contribution in [1.29, 1.82) is 0 Å². The topological polar surface area (TPSA) is 58.4 Å². The predicted octanol–water partition coefficient (Wildman–Crippen LogP) is 1.84. The predicted molar refractivity (Wildman–Crippen MR) is 86.0 cm³/mol. The molecule has 116 valence electrons. The molecule has 1 amide bonds. The molecule has 3 N–H and O–H groups in total. The fraction of sp³-hybridized carbons (Fsp3) is 0.588. The number of nitrogens with zero attached hydrogens (tertiary/aromatic N) is 1. The third kappa shape index (κ3) is 4.55. The Morgan fingerprint density at radius 3 is 2.48 bits per heavy atom. The lowest BCUT2D eigenvalue weighted by Gasteiger charge is -2.37. The number of nitrogens with two attached hydrogens (primary N) is 1. The van der Waals surface area contributed by atoms with E-state index in [-0.39, 0.29) is 5.91 Å². The maximum atomic E-state index is 11.0. The lowest BCUT2D eigenvalue weighted by Crippen LogP contribution is -2.42. The average molecular weight is 289 g/mol. The van der Waals surface area contributed by atoms with Crippen LogP contribution < -0.4 is 11.1 Å². The van der Waals surface area contributed by atoms with Gasteiger partial charge in [-0.25, -0.2) is 0 Å². The minimum absolute atomic E-state index is 0.0666. The van der Waals surface area contributed by atoms with Gasteiger partial charge in [0, 0.05) is 26.1 Å². The summed E-state index contributed by atoms with van der Waals surface area (Å²) in [7, 11) is 0. The van der Waals surface area contributed by atoms with E-state index < -0.39 is 0 Å². The number of hydrogen-bond donors (Lipinski definition) is 2. The molecule has 0 spiro atoms. The van der Waals surface area contributed by atoms with Crippen molar-refractivity contribution in [3.8, 4) is 0 Å². The van der Waals surface area contributed by atoms with Crippen molar-refractivity contribution in [2.75, 3.05) is 26.2 Å². The van der Waals surface area contributed by atoms with E-state index in [2.05, 4.69) is 41.4 Å². The normalized spacial score (nSPS) is 18.4. The highest BCUT2D eigenvalue weighted by Crippen LogP contribution is 2.26. The summed E-state index contributed by atoms with van der Waals surface area (Å²) in [5.41, 5.74) is 8.60. The van der Waals surface area contributed by atoms with Gasteiger partial charge in [-0.15, -0.1) is 0 Å². The van der Waals surface area contributed by atoms with Gasteiger partial charge in [0.1, 0.15) is 0 Å². The highest BCUT2D eigenvalue weighted by molar-refractivity contribution is 5.72. The van der Waals surface area contributed by atoms with Crippen LogP contribution in [0.5, 0.6) is 0 Å². The zero-order valence-corrected chi connectivity index (χ0v) is 13.1. The number of rotatable bonds is 5. The number of benzene rings is 1. The fourth-order valence-electron chi connectivity index (χ4n) is 3.04. The van der Waals surface area contributed by atoms with Crippen molar-refractivity contribution in [3.05, 3.63) is 35.4 Å². The summed E-state index contributed by atoms with van der Waals surface area (Å²) in [5.74, 6) is 0.665. The zero-order chi connectivity index (χ0) is 15.2. The van der Waals surface area contributed by atoms with Gasteiger partial charge in [-0.05, 0) is 44.3 Å². The largest absolute Gasteiger partial charge is 0.356 e. The molecule has 0 aromatic heterocycles.